The highest BCUT2D eigenvalue weighted by atomic mass is 19.1. The van der Waals surface area contributed by atoms with Crippen molar-refractivity contribution in [3.8, 4) is 5.75 Å². The van der Waals surface area contributed by atoms with Crippen LogP contribution in [0.1, 0.15) is 13.3 Å². The Labute approximate surface area is 121 Å². The molecule has 2 amide bonds. The second-order valence-electron chi connectivity index (χ2n) is 4.44. The Balaban J connectivity index is 2.05. The number of hydrogen-bond donors (Lipinski definition) is 2. The second kappa shape index (κ2) is 6.74. The maximum absolute atomic E-state index is 13.2. The van der Waals surface area contributed by atoms with Crippen molar-refractivity contribution in [3.63, 3.8) is 0 Å². The van der Waals surface area contributed by atoms with Gasteiger partial charge in [-0.1, -0.05) is 6.92 Å². The largest absolute Gasteiger partial charge is 0.491 e. The van der Waals surface area contributed by atoms with E-state index in [1.54, 1.807) is 24.0 Å². The number of ether oxygens (including phenoxy) is 1. The number of nitrogens with one attached hydrogen (secondary N) is 2. The molecule has 0 bridgehead atoms. The van der Waals surface area contributed by atoms with Gasteiger partial charge in [0.1, 0.15) is 11.6 Å². The number of aromatic nitrogens is 2. The Morgan fingerprint density at radius 1 is 1.38 bits per heavy atom. The molecule has 0 fully saturated rings. The summed E-state index contributed by atoms with van der Waals surface area (Å²) < 4.78 is 20.2. The molecule has 0 spiro atoms. The van der Waals surface area contributed by atoms with Gasteiger partial charge in [0, 0.05) is 25.4 Å². The van der Waals surface area contributed by atoms with Crippen LogP contribution in [0.4, 0.5) is 20.7 Å². The lowest BCUT2D eigenvalue weighted by atomic mass is 10.3. The summed E-state index contributed by atoms with van der Waals surface area (Å²) in [5.41, 5.74) is 0.401. The smallest absolute Gasteiger partial charge is 0.325 e. The van der Waals surface area contributed by atoms with Crippen molar-refractivity contribution in [3.05, 3.63) is 36.3 Å². The molecular weight excluding hydrogens is 275 g/mol. The molecule has 0 radical (unpaired) electrons. The van der Waals surface area contributed by atoms with Crippen LogP contribution >= 0.6 is 0 Å². The summed E-state index contributed by atoms with van der Waals surface area (Å²) in [5, 5.41) is 9.22. The molecule has 1 aromatic heterocycles. The van der Waals surface area contributed by atoms with E-state index in [9.17, 15) is 9.18 Å². The maximum Gasteiger partial charge on any atom is 0.325 e. The van der Waals surface area contributed by atoms with Crippen molar-refractivity contribution >= 4 is 17.5 Å². The number of carbonyl (C=O) groups excluding carboxylic acids is 1. The molecule has 0 aliphatic heterocycles. The first-order valence-electron chi connectivity index (χ1n) is 6.58. The molecule has 0 saturated carbocycles. The van der Waals surface area contributed by atoms with E-state index in [1.165, 1.54) is 18.2 Å². The lowest BCUT2D eigenvalue weighted by Gasteiger charge is -2.12. The third kappa shape index (κ3) is 4.20. The molecule has 0 saturated heterocycles. The fourth-order valence-electron chi connectivity index (χ4n) is 1.68. The molecular formula is C14H17FN4O2. The topological polar surface area (TPSA) is 68.2 Å². The Hall–Kier alpha value is -2.57. The summed E-state index contributed by atoms with van der Waals surface area (Å²) in [6, 6.07) is 5.15. The summed E-state index contributed by atoms with van der Waals surface area (Å²) in [6.07, 6.45) is 2.50. The fraction of sp³-hybridized carbons (Fsp3) is 0.286. The SMILES string of the molecule is CCCOc1cc(F)ccc1NC(=O)Nc1ccn(C)n1. The number of carbonyl (C=O) groups is 1. The van der Waals surface area contributed by atoms with E-state index in [0.717, 1.165) is 6.42 Å². The number of aryl methyl sites for hydroxylation is 1. The van der Waals surface area contributed by atoms with Gasteiger partial charge in [0.15, 0.2) is 5.82 Å². The van der Waals surface area contributed by atoms with Gasteiger partial charge in [0.05, 0.1) is 12.3 Å². The molecule has 1 heterocycles. The van der Waals surface area contributed by atoms with E-state index in [-0.39, 0.29) is 0 Å². The molecule has 6 nitrogen and oxygen atoms in total. The zero-order chi connectivity index (χ0) is 15.2. The average molecular weight is 292 g/mol. The molecule has 2 aromatic rings. The lowest BCUT2D eigenvalue weighted by Crippen LogP contribution is -2.20. The van der Waals surface area contributed by atoms with E-state index in [0.29, 0.717) is 23.9 Å². The number of rotatable bonds is 5. The van der Waals surface area contributed by atoms with Crippen molar-refractivity contribution in [2.45, 2.75) is 13.3 Å². The number of anilines is 2. The zero-order valence-electron chi connectivity index (χ0n) is 11.9. The first-order valence-corrected chi connectivity index (χ1v) is 6.58. The summed E-state index contributed by atoms with van der Waals surface area (Å²) in [4.78, 5) is 11.9. The van der Waals surface area contributed by atoms with E-state index >= 15 is 0 Å². The van der Waals surface area contributed by atoms with Gasteiger partial charge in [-0.3, -0.25) is 10.00 Å². The highest BCUT2D eigenvalue weighted by Gasteiger charge is 2.10. The first kappa shape index (κ1) is 14.8. The van der Waals surface area contributed by atoms with Gasteiger partial charge >= 0.3 is 6.03 Å². The Morgan fingerprint density at radius 2 is 2.19 bits per heavy atom. The molecule has 21 heavy (non-hydrogen) atoms. The number of benzene rings is 1. The number of halogens is 1. The summed E-state index contributed by atoms with van der Waals surface area (Å²) in [7, 11) is 1.75. The van der Waals surface area contributed by atoms with Crippen LogP contribution in [-0.2, 0) is 7.05 Å². The minimum Gasteiger partial charge on any atom is -0.491 e. The number of amides is 2. The van der Waals surface area contributed by atoms with Crippen LogP contribution in [0.15, 0.2) is 30.5 Å². The quantitative estimate of drug-likeness (QED) is 0.890. The Morgan fingerprint density at radius 3 is 2.86 bits per heavy atom. The van der Waals surface area contributed by atoms with E-state index in [4.69, 9.17) is 4.74 Å². The van der Waals surface area contributed by atoms with Crippen LogP contribution < -0.4 is 15.4 Å². The van der Waals surface area contributed by atoms with Crippen molar-refractivity contribution in [1.29, 1.82) is 0 Å². The minimum atomic E-state index is -0.471. The minimum absolute atomic E-state index is 0.299. The van der Waals surface area contributed by atoms with Crippen LogP contribution in [0.5, 0.6) is 5.75 Å². The third-order valence-corrected chi connectivity index (χ3v) is 2.61. The third-order valence-electron chi connectivity index (χ3n) is 2.61. The van der Waals surface area contributed by atoms with Gasteiger partial charge in [-0.2, -0.15) is 5.10 Å². The van der Waals surface area contributed by atoms with Gasteiger partial charge < -0.3 is 10.1 Å². The molecule has 7 heteroatoms. The molecule has 0 atom stereocenters. The second-order valence-corrected chi connectivity index (χ2v) is 4.44. The molecule has 0 aliphatic rings. The van der Waals surface area contributed by atoms with Gasteiger partial charge in [-0.25, -0.2) is 9.18 Å². The van der Waals surface area contributed by atoms with E-state index < -0.39 is 11.8 Å². The average Bonchev–Trinajstić information content (AvgIpc) is 2.84. The molecule has 2 N–H and O–H groups in total. The van der Waals surface area contributed by atoms with Gasteiger partial charge in [0.25, 0.3) is 0 Å². The van der Waals surface area contributed by atoms with Crippen LogP contribution in [0.3, 0.4) is 0 Å². The van der Waals surface area contributed by atoms with Crippen molar-refractivity contribution in [2.75, 3.05) is 17.2 Å². The van der Waals surface area contributed by atoms with Crippen molar-refractivity contribution in [1.82, 2.24) is 9.78 Å². The number of hydrogen-bond acceptors (Lipinski definition) is 3. The van der Waals surface area contributed by atoms with Crippen molar-refractivity contribution in [2.24, 2.45) is 7.05 Å². The zero-order valence-corrected chi connectivity index (χ0v) is 11.9. The molecule has 1 aromatic carbocycles. The predicted molar refractivity (Wildman–Crippen MR) is 78.0 cm³/mol. The van der Waals surface area contributed by atoms with Crippen LogP contribution in [0, 0.1) is 5.82 Å². The van der Waals surface area contributed by atoms with E-state index in [2.05, 4.69) is 15.7 Å². The summed E-state index contributed by atoms with van der Waals surface area (Å²) >= 11 is 0. The van der Waals surface area contributed by atoms with E-state index in [1.807, 2.05) is 6.92 Å². The molecule has 0 unspecified atom stereocenters. The van der Waals surface area contributed by atoms with Gasteiger partial charge in [-0.15, -0.1) is 0 Å². The molecule has 0 aliphatic carbocycles. The predicted octanol–water partition coefficient (Wildman–Crippen LogP) is 2.99. The monoisotopic (exact) mass is 292 g/mol. The Bertz CT molecular complexity index is 627. The lowest BCUT2D eigenvalue weighted by molar-refractivity contribution is 0.261. The summed E-state index contributed by atoms with van der Waals surface area (Å²) in [5.74, 6) is 0.304. The number of urea groups is 1. The normalized spacial score (nSPS) is 10.2. The maximum atomic E-state index is 13.2. The fourth-order valence-corrected chi connectivity index (χ4v) is 1.68. The molecule has 2 rings (SSSR count). The summed E-state index contributed by atoms with van der Waals surface area (Å²) in [6.45, 7) is 2.39. The molecule has 112 valence electrons. The highest BCUT2D eigenvalue weighted by Crippen LogP contribution is 2.25. The highest BCUT2D eigenvalue weighted by molar-refractivity contribution is 6.00. The van der Waals surface area contributed by atoms with Gasteiger partial charge in [0.2, 0.25) is 0 Å². The number of nitrogens with zero attached hydrogens (tertiary/aromatic N) is 2. The first-order chi connectivity index (χ1) is 10.1. The van der Waals surface area contributed by atoms with Crippen LogP contribution in [0.25, 0.3) is 0 Å². The van der Waals surface area contributed by atoms with Crippen LogP contribution in [0.2, 0.25) is 0 Å². The standard InChI is InChI=1S/C14H17FN4O2/c1-3-8-21-12-9-10(15)4-5-11(12)16-14(20)17-13-6-7-19(2)18-13/h4-7,9H,3,8H2,1-2H3,(H2,16,17,18,20). The Kier molecular flexibility index (Phi) is 4.76. The van der Waals surface area contributed by atoms with Gasteiger partial charge in [-0.05, 0) is 18.6 Å². The van der Waals surface area contributed by atoms with Crippen molar-refractivity contribution < 1.29 is 13.9 Å². The van der Waals surface area contributed by atoms with Crippen LogP contribution in [-0.4, -0.2) is 22.4 Å².